The van der Waals surface area contributed by atoms with Crippen LogP contribution in [0.25, 0.3) is 17.1 Å². The van der Waals surface area contributed by atoms with Gasteiger partial charge in [0.25, 0.3) is 0 Å². The van der Waals surface area contributed by atoms with E-state index in [-0.39, 0.29) is 5.82 Å². The SMILES string of the molecule is Nc1ccc(-n2cc(C(F)(F)F)nn2)c(-c2nn[nH]n2)c1. The van der Waals surface area contributed by atoms with Crippen LogP contribution < -0.4 is 5.73 Å². The molecule has 0 saturated carbocycles. The number of tetrazole rings is 1. The quantitative estimate of drug-likeness (QED) is 0.684. The zero-order valence-corrected chi connectivity index (χ0v) is 10.2. The number of rotatable bonds is 2. The molecule has 0 saturated heterocycles. The first-order valence-corrected chi connectivity index (χ1v) is 5.58. The fourth-order valence-electron chi connectivity index (χ4n) is 1.72. The minimum Gasteiger partial charge on any atom is -0.399 e. The highest BCUT2D eigenvalue weighted by atomic mass is 19.4. The Balaban J connectivity index is 2.13. The number of halogens is 3. The smallest absolute Gasteiger partial charge is 0.399 e. The van der Waals surface area contributed by atoms with Crippen molar-refractivity contribution in [2.75, 3.05) is 5.73 Å². The van der Waals surface area contributed by atoms with Crippen LogP contribution in [-0.4, -0.2) is 35.6 Å². The number of H-pyrrole nitrogens is 1. The predicted molar refractivity (Wildman–Crippen MR) is 63.9 cm³/mol. The number of hydrogen-bond donors (Lipinski definition) is 2. The van der Waals surface area contributed by atoms with Crippen molar-refractivity contribution >= 4 is 5.69 Å². The Morgan fingerprint density at radius 2 is 2.00 bits per heavy atom. The predicted octanol–water partition coefficient (Wildman–Crippen LogP) is 1.05. The van der Waals surface area contributed by atoms with Crippen LogP contribution in [0.5, 0.6) is 0 Å². The van der Waals surface area contributed by atoms with Gasteiger partial charge in [0.1, 0.15) is 0 Å². The van der Waals surface area contributed by atoms with E-state index in [0.29, 0.717) is 16.9 Å². The number of aromatic nitrogens is 7. The van der Waals surface area contributed by atoms with E-state index in [1.165, 1.54) is 18.2 Å². The largest absolute Gasteiger partial charge is 0.436 e. The van der Waals surface area contributed by atoms with E-state index >= 15 is 0 Å². The van der Waals surface area contributed by atoms with E-state index in [4.69, 9.17) is 5.73 Å². The molecule has 0 aliphatic heterocycles. The highest BCUT2D eigenvalue weighted by Gasteiger charge is 2.34. The summed E-state index contributed by atoms with van der Waals surface area (Å²) >= 11 is 0. The molecule has 0 spiro atoms. The third-order valence-corrected chi connectivity index (χ3v) is 2.64. The molecule has 2 heterocycles. The molecule has 21 heavy (non-hydrogen) atoms. The van der Waals surface area contributed by atoms with Crippen LogP contribution in [0.3, 0.4) is 0 Å². The van der Waals surface area contributed by atoms with Crippen molar-refractivity contribution in [1.29, 1.82) is 0 Å². The second-order valence-electron chi connectivity index (χ2n) is 4.06. The lowest BCUT2D eigenvalue weighted by Gasteiger charge is -2.06. The van der Waals surface area contributed by atoms with Crippen molar-refractivity contribution in [3.8, 4) is 17.1 Å². The van der Waals surface area contributed by atoms with Crippen molar-refractivity contribution in [3.05, 3.63) is 30.1 Å². The molecular weight excluding hydrogens is 289 g/mol. The third kappa shape index (κ3) is 2.40. The minimum absolute atomic E-state index is 0.182. The Bertz CT molecular complexity index is 761. The fraction of sp³-hybridized carbons (Fsp3) is 0.100. The zero-order valence-electron chi connectivity index (χ0n) is 10.2. The maximum Gasteiger partial charge on any atom is 0.436 e. The molecule has 11 heteroatoms. The number of aromatic amines is 1. The van der Waals surface area contributed by atoms with Crippen LogP contribution in [0.1, 0.15) is 5.69 Å². The Morgan fingerprint density at radius 1 is 1.19 bits per heavy atom. The topological polar surface area (TPSA) is 111 Å². The van der Waals surface area contributed by atoms with E-state index in [9.17, 15) is 13.2 Å². The van der Waals surface area contributed by atoms with Gasteiger partial charge in [-0.3, -0.25) is 0 Å². The summed E-state index contributed by atoms with van der Waals surface area (Å²) in [6, 6.07) is 4.53. The van der Waals surface area contributed by atoms with Gasteiger partial charge in [-0.2, -0.15) is 18.4 Å². The van der Waals surface area contributed by atoms with Gasteiger partial charge in [-0.1, -0.05) is 5.21 Å². The lowest BCUT2D eigenvalue weighted by molar-refractivity contribution is -0.141. The highest BCUT2D eigenvalue weighted by Crippen LogP contribution is 2.29. The molecule has 0 fully saturated rings. The number of nitrogens with zero attached hydrogens (tertiary/aromatic N) is 6. The summed E-state index contributed by atoms with van der Waals surface area (Å²) in [5.41, 5.74) is 5.65. The van der Waals surface area contributed by atoms with Gasteiger partial charge in [-0.25, -0.2) is 4.68 Å². The molecule has 108 valence electrons. The van der Waals surface area contributed by atoms with E-state index in [2.05, 4.69) is 30.9 Å². The van der Waals surface area contributed by atoms with Crippen molar-refractivity contribution in [1.82, 2.24) is 35.6 Å². The average Bonchev–Trinajstić information content (AvgIpc) is 3.09. The number of nitrogen functional groups attached to an aromatic ring is 1. The number of anilines is 1. The Labute approximate surface area is 114 Å². The molecule has 0 aliphatic rings. The van der Waals surface area contributed by atoms with E-state index in [1.807, 2.05) is 0 Å². The van der Waals surface area contributed by atoms with Crippen LogP contribution in [-0.2, 0) is 6.18 Å². The van der Waals surface area contributed by atoms with Crippen molar-refractivity contribution < 1.29 is 13.2 Å². The molecule has 8 nitrogen and oxygen atoms in total. The highest BCUT2D eigenvalue weighted by molar-refractivity contribution is 5.71. The lowest BCUT2D eigenvalue weighted by atomic mass is 10.1. The van der Waals surface area contributed by atoms with Gasteiger partial charge in [0.15, 0.2) is 5.69 Å². The second-order valence-corrected chi connectivity index (χ2v) is 4.06. The summed E-state index contributed by atoms with van der Waals surface area (Å²) < 4.78 is 38.7. The third-order valence-electron chi connectivity index (χ3n) is 2.64. The fourth-order valence-corrected chi connectivity index (χ4v) is 1.72. The van der Waals surface area contributed by atoms with E-state index < -0.39 is 11.9 Å². The summed E-state index contributed by atoms with van der Waals surface area (Å²) in [4.78, 5) is 0. The second kappa shape index (κ2) is 4.54. The summed E-state index contributed by atoms with van der Waals surface area (Å²) in [5.74, 6) is 0.182. The van der Waals surface area contributed by atoms with Crippen LogP contribution in [0.2, 0.25) is 0 Å². The van der Waals surface area contributed by atoms with Crippen LogP contribution in [0, 0.1) is 0 Å². The standard InChI is InChI=1S/C10H7F3N8/c11-10(12,13)8-4-21(20-15-8)7-2-1-5(14)3-6(7)9-16-18-19-17-9/h1-4H,14H2,(H,16,17,18,19). The maximum absolute atomic E-state index is 12.6. The summed E-state index contributed by atoms with van der Waals surface area (Å²) in [7, 11) is 0. The van der Waals surface area contributed by atoms with Crippen LogP contribution in [0.4, 0.5) is 18.9 Å². The summed E-state index contributed by atoms with van der Waals surface area (Å²) in [5, 5.41) is 19.8. The Morgan fingerprint density at radius 3 is 2.62 bits per heavy atom. The van der Waals surface area contributed by atoms with Gasteiger partial charge in [0.2, 0.25) is 5.82 Å². The molecule has 0 amide bonds. The van der Waals surface area contributed by atoms with Gasteiger partial charge in [-0.05, 0) is 23.4 Å². The number of nitrogens with one attached hydrogen (secondary N) is 1. The van der Waals surface area contributed by atoms with Crippen molar-refractivity contribution in [3.63, 3.8) is 0 Å². The molecule has 3 rings (SSSR count). The number of benzene rings is 1. The summed E-state index contributed by atoms with van der Waals surface area (Å²) in [6.45, 7) is 0. The molecular formula is C10H7F3N8. The van der Waals surface area contributed by atoms with Crippen molar-refractivity contribution in [2.45, 2.75) is 6.18 Å². The first kappa shape index (κ1) is 13.0. The first-order valence-electron chi connectivity index (χ1n) is 5.58. The molecule has 3 N–H and O–H groups in total. The monoisotopic (exact) mass is 296 g/mol. The minimum atomic E-state index is -4.57. The number of hydrogen-bond acceptors (Lipinski definition) is 6. The normalized spacial score (nSPS) is 11.8. The Kier molecular flexibility index (Phi) is 2.82. The van der Waals surface area contributed by atoms with Crippen LogP contribution >= 0.6 is 0 Å². The first-order chi connectivity index (χ1) is 9.95. The number of alkyl halides is 3. The summed E-state index contributed by atoms with van der Waals surface area (Å²) in [6.07, 6.45) is -3.80. The van der Waals surface area contributed by atoms with Crippen LogP contribution in [0.15, 0.2) is 24.4 Å². The number of nitrogens with two attached hydrogens (primary N) is 1. The van der Waals surface area contributed by atoms with E-state index in [1.54, 1.807) is 0 Å². The zero-order chi connectivity index (χ0) is 15.0. The lowest BCUT2D eigenvalue weighted by Crippen LogP contribution is -2.05. The molecule has 3 aromatic rings. The van der Waals surface area contributed by atoms with Gasteiger partial charge in [-0.15, -0.1) is 15.3 Å². The van der Waals surface area contributed by atoms with Gasteiger partial charge >= 0.3 is 6.18 Å². The maximum atomic E-state index is 12.6. The average molecular weight is 296 g/mol. The molecule has 0 bridgehead atoms. The molecule has 0 radical (unpaired) electrons. The molecule has 1 aromatic carbocycles. The molecule has 0 unspecified atom stereocenters. The molecule has 2 aromatic heterocycles. The molecule has 0 atom stereocenters. The van der Waals surface area contributed by atoms with Crippen molar-refractivity contribution in [2.24, 2.45) is 0 Å². The van der Waals surface area contributed by atoms with Gasteiger partial charge in [0.05, 0.1) is 17.4 Å². The Hall–Kier alpha value is -2.98. The molecule has 0 aliphatic carbocycles. The van der Waals surface area contributed by atoms with Gasteiger partial charge in [0, 0.05) is 5.69 Å². The van der Waals surface area contributed by atoms with E-state index in [0.717, 1.165) is 10.9 Å². The van der Waals surface area contributed by atoms with Gasteiger partial charge < -0.3 is 5.73 Å².